The van der Waals surface area contributed by atoms with Gasteiger partial charge in [0.25, 0.3) is 0 Å². The number of rotatable bonds is 5. The van der Waals surface area contributed by atoms with Crippen LogP contribution in [0.2, 0.25) is 0 Å². The summed E-state index contributed by atoms with van der Waals surface area (Å²) in [6, 6.07) is 0.434. The Morgan fingerprint density at radius 2 is 1.83 bits per heavy atom. The highest BCUT2D eigenvalue weighted by Crippen LogP contribution is 2.35. The summed E-state index contributed by atoms with van der Waals surface area (Å²) in [6.07, 6.45) is 4.41. The molecule has 1 aliphatic carbocycles. The molecule has 0 aromatic rings. The maximum absolute atomic E-state index is 10.8. The number of sulfonamides is 1. The molecule has 0 atom stereocenters. The van der Waals surface area contributed by atoms with E-state index in [2.05, 4.69) is 5.32 Å². The number of nitrogens with one attached hydrogen (secondary N) is 1. The van der Waals surface area contributed by atoms with E-state index in [1.165, 1.54) is 0 Å². The summed E-state index contributed by atoms with van der Waals surface area (Å²) in [4.78, 5) is 0. The zero-order chi connectivity index (χ0) is 13.1. The molecule has 106 valence electrons. The molecule has 6 nitrogen and oxygen atoms in total. The topological polar surface area (TPSA) is 90.7 Å². The van der Waals surface area contributed by atoms with E-state index in [0.717, 1.165) is 25.7 Å². The van der Waals surface area contributed by atoms with Gasteiger partial charge >= 0.3 is 0 Å². The first kappa shape index (κ1) is 14.2. The number of nitrogens with two attached hydrogens (primary N) is 1. The van der Waals surface area contributed by atoms with E-state index in [-0.39, 0.29) is 11.5 Å². The van der Waals surface area contributed by atoms with Gasteiger partial charge in [0.1, 0.15) is 0 Å². The Morgan fingerprint density at radius 3 is 2.39 bits per heavy atom. The average Bonchev–Trinajstić information content (AvgIpc) is 2.75. The number of hydrogen-bond acceptors (Lipinski definition) is 5. The monoisotopic (exact) mass is 278 g/mol. The van der Waals surface area contributed by atoms with Gasteiger partial charge in [-0.2, -0.15) is 0 Å². The van der Waals surface area contributed by atoms with Gasteiger partial charge in [0.15, 0.2) is 5.79 Å². The van der Waals surface area contributed by atoms with Crippen LogP contribution in [-0.4, -0.2) is 45.8 Å². The molecule has 0 unspecified atom stereocenters. The molecule has 2 rings (SSSR count). The second kappa shape index (κ2) is 5.83. The molecule has 1 saturated carbocycles. The van der Waals surface area contributed by atoms with Crippen molar-refractivity contribution in [3.8, 4) is 0 Å². The predicted octanol–water partition coefficient (Wildman–Crippen LogP) is -0.0597. The third kappa shape index (κ3) is 4.17. The van der Waals surface area contributed by atoms with Crippen molar-refractivity contribution in [2.75, 3.05) is 25.5 Å². The van der Waals surface area contributed by atoms with Crippen molar-refractivity contribution >= 4 is 10.0 Å². The third-order valence-electron chi connectivity index (χ3n) is 3.60. The molecule has 2 aliphatic rings. The second-order valence-electron chi connectivity index (χ2n) is 5.06. The molecule has 1 aliphatic heterocycles. The molecule has 0 aromatic carbocycles. The number of ether oxygens (including phenoxy) is 2. The van der Waals surface area contributed by atoms with Gasteiger partial charge in [-0.15, -0.1) is 0 Å². The van der Waals surface area contributed by atoms with E-state index in [0.29, 0.717) is 32.2 Å². The first-order chi connectivity index (χ1) is 8.49. The van der Waals surface area contributed by atoms with Crippen LogP contribution in [0.4, 0.5) is 0 Å². The van der Waals surface area contributed by atoms with Crippen LogP contribution in [0.1, 0.15) is 32.1 Å². The molecule has 2 fully saturated rings. The maximum atomic E-state index is 10.8. The van der Waals surface area contributed by atoms with Crippen molar-refractivity contribution in [3.63, 3.8) is 0 Å². The average molecular weight is 278 g/mol. The van der Waals surface area contributed by atoms with E-state index in [1.54, 1.807) is 0 Å². The molecule has 0 amide bonds. The third-order valence-corrected chi connectivity index (χ3v) is 4.46. The molecular formula is C11H22N2O4S. The second-order valence-corrected chi connectivity index (χ2v) is 6.79. The Bertz CT molecular complexity index is 355. The summed E-state index contributed by atoms with van der Waals surface area (Å²) in [5, 5.41) is 8.31. The van der Waals surface area contributed by atoms with Crippen LogP contribution in [0.5, 0.6) is 0 Å². The van der Waals surface area contributed by atoms with Crippen LogP contribution in [0.25, 0.3) is 0 Å². The van der Waals surface area contributed by atoms with Gasteiger partial charge in [0.05, 0.1) is 19.0 Å². The lowest BCUT2D eigenvalue weighted by Crippen LogP contribution is -2.42. The van der Waals surface area contributed by atoms with Crippen molar-refractivity contribution in [1.29, 1.82) is 0 Å². The Morgan fingerprint density at radius 1 is 1.22 bits per heavy atom. The zero-order valence-corrected chi connectivity index (χ0v) is 11.4. The minimum Gasteiger partial charge on any atom is -0.348 e. The Labute approximate surface area is 108 Å². The summed E-state index contributed by atoms with van der Waals surface area (Å²) in [5.74, 6) is -0.276. The quantitative estimate of drug-likeness (QED) is 0.688. The van der Waals surface area contributed by atoms with Crippen molar-refractivity contribution in [1.82, 2.24) is 5.32 Å². The highest BCUT2D eigenvalue weighted by Gasteiger charge is 2.39. The van der Waals surface area contributed by atoms with Gasteiger partial charge < -0.3 is 14.8 Å². The fourth-order valence-electron chi connectivity index (χ4n) is 2.63. The Kier molecular flexibility index (Phi) is 4.60. The van der Waals surface area contributed by atoms with E-state index >= 15 is 0 Å². The minimum atomic E-state index is -3.33. The Balaban J connectivity index is 1.62. The summed E-state index contributed by atoms with van der Waals surface area (Å²) < 4.78 is 32.8. The Hall–Kier alpha value is -0.210. The summed E-state index contributed by atoms with van der Waals surface area (Å²) in [5.41, 5.74) is 0. The molecular weight excluding hydrogens is 256 g/mol. The van der Waals surface area contributed by atoms with E-state index in [9.17, 15) is 8.42 Å². The van der Waals surface area contributed by atoms with Gasteiger partial charge in [-0.1, -0.05) is 0 Å². The van der Waals surface area contributed by atoms with Crippen LogP contribution < -0.4 is 10.5 Å². The lowest BCUT2D eigenvalue weighted by atomic mass is 9.90. The van der Waals surface area contributed by atoms with Gasteiger partial charge in [0, 0.05) is 18.9 Å². The van der Waals surface area contributed by atoms with Crippen molar-refractivity contribution < 1.29 is 17.9 Å². The van der Waals surface area contributed by atoms with Crippen LogP contribution in [0, 0.1) is 0 Å². The molecule has 1 spiro atoms. The normalized spacial score (nSPS) is 24.7. The van der Waals surface area contributed by atoms with E-state index in [1.807, 2.05) is 0 Å². The smallest absolute Gasteiger partial charge is 0.209 e. The fourth-order valence-corrected chi connectivity index (χ4v) is 3.17. The summed E-state index contributed by atoms with van der Waals surface area (Å²) >= 11 is 0. The maximum Gasteiger partial charge on any atom is 0.209 e. The molecule has 0 aromatic heterocycles. The SMILES string of the molecule is NS(=O)(=O)CCCNC1CCC2(CC1)OCCO2. The largest absolute Gasteiger partial charge is 0.348 e. The molecule has 1 saturated heterocycles. The van der Waals surface area contributed by atoms with Crippen molar-refractivity contribution in [3.05, 3.63) is 0 Å². The lowest BCUT2D eigenvalue weighted by Gasteiger charge is -2.35. The molecule has 3 N–H and O–H groups in total. The van der Waals surface area contributed by atoms with Crippen LogP contribution in [-0.2, 0) is 19.5 Å². The zero-order valence-electron chi connectivity index (χ0n) is 10.6. The molecule has 7 heteroatoms. The predicted molar refractivity (Wildman–Crippen MR) is 67.5 cm³/mol. The molecule has 0 bridgehead atoms. The summed E-state index contributed by atoms with van der Waals surface area (Å²) in [7, 11) is -3.33. The van der Waals surface area contributed by atoms with Crippen molar-refractivity contribution in [2.45, 2.75) is 43.9 Å². The highest BCUT2D eigenvalue weighted by atomic mass is 32.2. The summed E-state index contributed by atoms with van der Waals surface area (Å²) in [6.45, 7) is 2.09. The fraction of sp³-hybridized carbons (Fsp3) is 1.00. The van der Waals surface area contributed by atoms with Gasteiger partial charge in [-0.25, -0.2) is 13.6 Å². The standard InChI is InChI=1S/C11H22N2O4S/c12-18(14,15)9-1-6-13-10-2-4-11(5-3-10)16-7-8-17-11/h10,13H,1-9H2,(H2,12,14,15). The molecule has 18 heavy (non-hydrogen) atoms. The van der Waals surface area contributed by atoms with Crippen LogP contribution in [0.15, 0.2) is 0 Å². The molecule has 0 radical (unpaired) electrons. The first-order valence-electron chi connectivity index (χ1n) is 6.51. The van der Waals surface area contributed by atoms with Gasteiger partial charge in [-0.3, -0.25) is 0 Å². The van der Waals surface area contributed by atoms with Crippen LogP contribution >= 0.6 is 0 Å². The van der Waals surface area contributed by atoms with Crippen LogP contribution in [0.3, 0.4) is 0 Å². The minimum absolute atomic E-state index is 0.0445. The lowest BCUT2D eigenvalue weighted by molar-refractivity contribution is -0.179. The van der Waals surface area contributed by atoms with E-state index in [4.69, 9.17) is 14.6 Å². The first-order valence-corrected chi connectivity index (χ1v) is 8.22. The number of hydrogen-bond donors (Lipinski definition) is 2. The van der Waals surface area contributed by atoms with Crippen molar-refractivity contribution in [2.24, 2.45) is 5.14 Å². The highest BCUT2D eigenvalue weighted by molar-refractivity contribution is 7.89. The number of primary sulfonamides is 1. The van der Waals surface area contributed by atoms with Gasteiger partial charge in [0.2, 0.25) is 10.0 Å². The van der Waals surface area contributed by atoms with Gasteiger partial charge in [-0.05, 0) is 25.8 Å². The van der Waals surface area contributed by atoms with E-state index < -0.39 is 10.0 Å². The molecule has 1 heterocycles.